The van der Waals surface area contributed by atoms with Crippen LogP contribution in [0.5, 0.6) is 0 Å². The van der Waals surface area contributed by atoms with Gasteiger partial charge in [0.1, 0.15) is 11.6 Å². The van der Waals surface area contributed by atoms with Gasteiger partial charge in [0.2, 0.25) is 5.13 Å². The smallest absolute Gasteiger partial charge is 0.336 e. The summed E-state index contributed by atoms with van der Waals surface area (Å²) in [5.41, 5.74) is 0.0895. The summed E-state index contributed by atoms with van der Waals surface area (Å²) in [7, 11) is 1.56. The molecular formula is C17H11ClF2N4O2S. The van der Waals surface area contributed by atoms with Crippen LogP contribution in [0.25, 0.3) is 11.4 Å². The molecule has 3 rings (SSSR count). The number of carboxylic acid groups (broad SMARTS) is 1. The molecule has 6 nitrogen and oxygen atoms in total. The maximum absolute atomic E-state index is 14.0. The Bertz CT molecular complexity index is 1020. The number of hydrazone groups is 1. The summed E-state index contributed by atoms with van der Waals surface area (Å²) in [6, 6.07) is 7.62. The van der Waals surface area contributed by atoms with Gasteiger partial charge in [0, 0.05) is 24.1 Å². The van der Waals surface area contributed by atoms with Crippen LogP contribution in [0.4, 0.5) is 13.9 Å². The number of rotatable bonds is 5. The Morgan fingerprint density at radius 2 is 2.11 bits per heavy atom. The maximum atomic E-state index is 14.0. The molecule has 0 bridgehead atoms. The van der Waals surface area contributed by atoms with E-state index in [1.165, 1.54) is 35.5 Å². The van der Waals surface area contributed by atoms with Crippen LogP contribution in [0.3, 0.4) is 0 Å². The summed E-state index contributed by atoms with van der Waals surface area (Å²) >= 11 is 6.98. The number of anilines is 1. The van der Waals surface area contributed by atoms with Crippen molar-refractivity contribution >= 4 is 40.4 Å². The van der Waals surface area contributed by atoms with Crippen LogP contribution in [0.1, 0.15) is 15.9 Å². The normalized spacial score (nSPS) is 11.1. The van der Waals surface area contributed by atoms with E-state index < -0.39 is 17.6 Å². The Kier molecular flexibility index (Phi) is 5.43. The molecule has 3 aromatic rings. The first-order valence-corrected chi connectivity index (χ1v) is 8.60. The lowest BCUT2D eigenvalue weighted by molar-refractivity contribution is 0.0696. The van der Waals surface area contributed by atoms with Crippen molar-refractivity contribution < 1.29 is 18.7 Å². The molecule has 0 aliphatic carbocycles. The van der Waals surface area contributed by atoms with E-state index in [4.69, 9.17) is 16.7 Å². The summed E-state index contributed by atoms with van der Waals surface area (Å²) in [5.74, 6) is -2.36. The van der Waals surface area contributed by atoms with Crippen LogP contribution >= 0.6 is 23.1 Å². The zero-order valence-electron chi connectivity index (χ0n) is 13.7. The van der Waals surface area contributed by atoms with E-state index >= 15 is 0 Å². The van der Waals surface area contributed by atoms with Gasteiger partial charge >= 0.3 is 5.97 Å². The van der Waals surface area contributed by atoms with Crippen LogP contribution < -0.4 is 5.01 Å². The van der Waals surface area contributed by atoms with Crippen molar-refractivity contribution in [2.45, 2.75) is 0 Å². The predicted molar refractivity (Wildman–Crippen MR) is 99.7 cm³/mol. The third-order valence-electron chi connectivity index (χ3n) is 3.49. The van der Waals surface area contributed by atoms with E-state index in [-0.39, 0.29) is 27.5 Å². The zero-order valence-corrected chi connectivity index (χ0v) is 15.3. The molecule has 1 aromatic heterocycles. The Morgan fingerprint density at radius 1 is 1.33 bits per heavy atom. The monoisotopic (exact) mass is 408 g/mol. The Labute approximate surface area is 161 Å². The highest BCUT2D eigenvalue weighted by molar-refractivity contribution is 7.09. The molecule has 0 saturated heterocycles. The van der Waals surface area contributed by atoms with Crippen molar-refractivity contribution in [1.82, 2.24) is 9.36 Å². The van der Waals surface area contributed by atoms with E-state index in [0.717, 1.165) is 23.7 Å². The van der Waals surface area contributed by atoms with E-state index in [0.29, 0.717) is 5.13 Å². The fourth-order valence-corrected chi connectivity index (χ4v) is 3.02. The maximum Gasteiger partial charge on any atom is 0.336 e. The molecule has 0 fully saturated rings. The van der Waals surface area contributed by atoms with Gasteiger partial charge in [-0.05, 0) is 30.3 Å². The molecule has 138 valence electrons. The third-order valence-corrected chi connectivity index (χ3v) is 4.59. The summed E-state index contributed by atoms with van der Waals surface area (Å²) in [4.78, 5) is 15.4. The Hall–Kier alpha value is -2.91. The molecule has 0 unspecified atom stereocenters. The van der Waals surface area contributed by atoms with Gasteiger partial charge in [-0.25, -0.2) is 18.6 Å². The van der Waals surface area contributed by atoms with Crippen molar-refractivity contribution in [1.29, 1.82) is 0 Å². The highest BCUT2D eigenvalue weighted by Gasteiger charge is 2.16. The van der Waals surface area contributed by atoms with Crippen LogP contribution in [-0.2, 0) is 0 Å². The average Bonchev–Trinajstić information content (AvgIpc) is 3.10. The molecule has 0 saturated carbocycles. The van der Waals surface area contributed by atoms with Gasteiger partial charge in [-0.15, -0.1) is 0 Å². The molecule has 10 heteroatoms. The van der Waals surface area contributed by atoms with Crippen molar-refractivity contribution in [3.8, 4) is 11.4 Å². The number of aromatic nitrogens is 2. The Balaban J connectivity index is 1.86. The second-order valence-electron chi connectivity index (χ2n) is 5.30. The van der Waals surface area contributed by atoms with E-state index in [1.54, 1.807) is 7.05 Å². The van der Waals surface area contributed by atoms with Gasteiger partial charge in [0.25, 0.3) is 0 Å². The number of hydrogen-bond acceptors (Lipinski definition) is 6. The predicted octanol–water partition coefficient (Wildman–Crippen LogP) is 4.31. The lowest BCUT2D eigenvalue weighted by Crippen LogP contribution is -2.10. The molecule has 1 N–H and O–H groups in total. The number of halogens is 3. The fraction of sp³-hybridized carbons (Fsp3) is 0.0588. The van der Waals surface area contributed by atoms with Gasteiger partial charge < -0.3 is 5.11 Å². The minimum absolute atomic E-state index is 0.0887. The molecular weight excluding hydrogens is 398 g/mol. The number of hydrogen-bond donors (Lipinski definition) is 1. The Morgan fingerprint density at radius 3 is 2.81 bits per heavy atom. The SMILES string of the molecule is CN(/N=C/c1ccc(F)cc1C(=O)O)c1nc(-c2c(F)cccc2Cl)ns1. The van der Waals surface area contributed by atoms with Gasteiger partial charge in [0.05, 0.1) is 22.4 Å². The first-order chi connectivity index (χ1) is 12.9. The molecule has 0 aliphatic heterocycles. The van der Waals surface area contributed by atoms with E-state index in [9.17, 15) is 13.6 Å². The van der Waals surface area contributed by atoms with Gasteiger partial charge in [0.15, 0.2) is 5.82 Å². The number of carboxylic acids is 1. The number of carbonyl (C=O) groups is 1. The quantitative estimate of drug-likeness (QED) is 0.503. The first-order valence-electron chi connectivity index (χ1n) is 7.45. The zero-order chi connectivity index (χ0) is 19.6. The molecule has 0 aliphatic rings. The van der Waals surface area contributed by atoms with Crippen LogP contribution in [0, 0.1) is 11.6 Å². The second kappa shape index (κ2) is 7.77. The summed E-state index contributed by atoms with van der Waals surface area (Å²) < 4.78 is 31.3. The molecule has 0 amide bonds. The number of benzene rings is 2. The topological polar surface area (TPSA) is 78.7 Å². The summed E-state index contributed by atoms with van der Waals surface area (Å²) in [6.45, 7) is 0. The summed E-state index contributed by atoms with van der Waals surface area (Å²) in [5, 5.41) is 15.1. The van der Waals surface area contributed by atoms with Crippen LogP contribution in [0.15, 0.2) is 41.5 Å². The first kappa shape index (κ1) is 18.9. The second-order valence-corrected chi connectivity index (χ2v) is 6.44. The van der Waals surface area contributed by atoms with Crippen LogP contribution in [0.2, 0.25) is 5.02 Å². The largest absolute Gasteiger partial charge is 0.478 e. The average molecular weight is 409 g/mol. The van der Waals surface area contributed by atoms with E-state index in [1.807, 2.05) is 0 Å². The highest BCUT2D eigenvalue weighted by atomic mass is 35.5. The molecule has 0 radical (unpaired) electrons. The molecule has 2 aromatic carbocycles. The van der Waals surface area contributed by atoms with Gasteiger partial charge in [-0.3, -0.25) is 0 Å². The lowest BCUT2D eigenvalue weighted by atomic mass is 10.1. The lowest BCUT2D eigenvalue weighted by Gasteiger charge is -2.08. The highest BCUT2D eigenvalue weighted by Crippen LogP contribution is 2.31. The standard InChI is InChI=1S/C17H11ClF2N4O2S/c1-24(21-8-9-5-6-10(19)7-11(9)16(25)26)17-22-15(23-27-17)14-12(18)3-2-4-13(14)20/h2-8H,1H3,(H,25,26)/b21-8+. The minimum Gasteiger partial charge on any atom is -0.478 e. The fourth-order valence-electron chi connectivity index (χ4n) is 2.18. The van der Waals surface area contributed by atoms with Crippen LogP contribution in [-0.4, -0.2) is 33.7 Å². The molecule has 27 heavy (non-hydrogen) atoms. The molecule has 0 spiro atoms. The van der Waals surface area contributed by atoms with Crippen molar-refractivity contribution in [2.75, 3.05) is 12.1 Å². The van der Waals surface area contributed by atoms with Gasteiger partial charge in [-0.1, -0.05) is 17.7 Å². The number of aromatic carboxylic acids is 1. The van der Waals surface area contributed by atoms with Crippen molar-refractivity contribution in [3.05, 3.63) is 64.2 Å². The van der Waals surface area contributed by atoms with Gasteiger partial charge in [-0.2, -0.15) is 14.5 Å². The molecule has 1 heterocycles. The summed E-state index contributed by atoms with van der Waals surface area (Å²) in [6.07, 6.45) is 1.26. The number of nitrogens with zero attached hydrogens (tertiary/aromatic N) is 4. The van der Waals surface area contributed by atoms with Crippen molar-refractivity contribution in [2.24, 2.45) is 5.10 Å². The van der Waals surface area contributed by atoms with E-state index in [2.05, 4.69) is 14.5 Å². The molecule has 0 atom stereocenters. The minimum atomic E-state index is -1.27. The third kappa shape index (κ3) is 4.09. The van der Waals surface area contributed by atoms with Crippen molar-refractivity contribution in [3.63, 3.8) is 0 Å².